The minimum Gasteiger partial charge on any atom is -0.507 e. The van der Waals surface area contributed by atoms with E-state index in [1.807, 2.05) is 0 Å². The molecule has 4 heteroatoms. The molecule has 88 valence electrons. The van der Waals surface area contributed by atoms with Crippen molar-refractivity contribution >= 4 is 11.6 Å². The topological polar surface area (TPSA) is 40.5 Å². The number of phenols is 2. The highest BCUT2D eigenvalue weighted by molar-refractivity contribution is 6.32. The highest BCUT2D eigenvalue weighted by atomic mass is 35.5. The molecule has 0 aliphatic heterocycles. The molecule has 0 radical (unpaired) electrons. The molecule has 0 aromatic heterocycles. The molecule has 0 saturated heterocycles. The quantitative estimate of drug-likeness (QED) is 0.809. The van der Waals surface area contributed by atoms with Crippen LogP contribution in [0.1, 0.15) is 5.56 Å². The largest absolute Gasteiger partial charge is 0.507 e. The minimum atomic E-state index is -0.606. The number of phenolic OH excluding ortho intramolecular Hbond substituents is 2. The lowest BCUT2D eigenvalue weighted by molar-refractivity contribution is 0.464. The summed E-state index contributed by atoms with van der Waals surface area (Å²) in [6, 6.07) is 7.15. The maximum Gasteiger partial charge on any atom is 0.142 e. The average Bonchev–Trinajstić information content (AvgIpc) is 2.28. The molecule has 0 aliphatic rings. The fourth-order valence-electron chi connectivity index (χ4n) is 1.74. The summed E-state index contributed by atoms with van der Waals surface area (Å²) >= 11 is 5.79. The summed E-state index contributed by atoms with van der Waals surface area (Å²) in [5.74, 6) is -1.07. The number of hydrogen-bond donors (Lipinski definition) is 2. The average molecular weight is 253 g/mol. The molecule has 0 aliphatic carbocycles. The van der Waals surface area contributed by atoms with Crippen LogP contribution in [-0.2, 0) is 0 Å². The molecule has 0 saturated carbocycles. The summed E-state index contributed by atoms with van der Waals surface area (Å²) in [4.78, 5) is 0. The zero-order chi connectivity index (χ0) is 12.6. The van der Waals surface area contributed by atoms with Gasteiger partial charge in [-0.15, -0.1) is 0 Å². The van der Waals surface area contributed by atoms with Crippen molar-refractivity contribution in [2.45, 2.75) is 6.92 Å². The van der Waals surface area contributed by atoms with Gasteiger partial charge in [0.05, 0.1) is 10.6 Å². The zero-order valence-electron chi connectivity index (χ0n) is 9.04. The van der Waals surface area contributed by atoms with Gasteiger partial charge < -0.3 is 10.2 Å². The molecule has 0 bridgehead atoms. The fraction of sp³-hybridized carbons (Fsp3) is 0.0769. The van der Waals surface area contributed by atoms with Gasteiger partial charge in [-0.3, -0.25) is 0 Å². The van der Waals surface area contributed by atoms with E-state index in [2.05, 4.69) is 0 Å². The van der Waals surface area contributed by atoms with E-state index in [1.54, 1.807) is 13.0 Å². The molecule has 0 spiro atoms. The van der Waals surface area contributed by atoms with Gasteiger partial charge in [-0.2, -0.15) is 0 Å². The Hall–Kier alpha value is -1.74. The molecule has 2 nitrogen and oxygen atoms in total. The first kappa shape index (κ1) is 11.7. The van der Waals surface area contributed by atoms with Crippen LogP contribution in [0.25, 0.3) is 11.1 Å². The molecule has 2 aromatic rings. The predicted octanol–water partition coefficient (Wildman–Crippen LogP) is 3.87. The van der Waals surface area contributed by atoms with Crippen molar-refractivity contribution in [1.82, 2.24) is 0 Å². The number of aromatic hydroxyl groups is 2. The normalized spacial score (nSPS) is 10.5. The molecule has 0 heterocycles. The predicted molar refractivity (Wildman–Crippen MR) is 64.9 cm³/mol. The SMILES string of the molecule is Cc1ccc(Cl)c(O)c1-c1c(O)cccc1F. The zero-order valence-corrected chi connectivity index (χ0v) is 9.79. The van der Waals surface area contributed by atoms with Crippen molar-refractivity contribution in [2.24, 2.45) is 0 Å². The fourth-order valence-corrected chi connectivity index (χ4v) is 1.90. The summed E-state index contributed by atoms with van der Waals surface area (Å²) in [7, 11) is 0. The molecule has 0 unspecified atom stereocenters. The van der Waals surface area contributed by atoms with Gasteiger partial charge in [0, 0.05) is 5.56 Å². The number of benzene rings is 2. The van der Waals surface area contributed by atoms with Gasteiger partial charge in [0.1, 0.15) is 17.3 Å². The first-order chi connectivity index (χ1) is 8.02. The third-order valence-electron chi connectivity index (χ3n) is 2.58. The van der Waals surface area contributed by atoms with E-state index in [9.17, 15) is 14.6 Å². The number of hydrogen-bond acceptors (Lipinski definition) is 2. The maximum atomic E-state index is 13.7. The Morgan fingerprint density at radius 2 is 1.76 bits per heavy atom. The van der Waals surface area contributed by atoms with Gasteiger partial charge in [-0.05, 0) is 30.7 Å². The van der Waals surface area contributed by atoms with Gasteiger partial charge in [0.25, 0.3) is 0 Å². The van der Waals surface area contributed by atoms with Crippen molar-refractivity contribution < 1.29 is 14.6 Å². The van der Waals surface area contributed by atoms with Crippen LogP contribution in [0.3, 0.4) is 0 Å². The molecular weight excluding hydrogens is 243 g/mol. The van der Waals surface area contributed by atoms with Crippen LogP contribution in [0.4, 0.5) is 4.39 Å². The first-order valence-electron chi connectivity index (χ1n) is 4.98. The summed E-state index contributed by atoms with van der Waals surface area (Å²) in [5, 5.41) is 19.7. The third kappa shape index (κ3) is 1.94. The van der Waals surface area contributed by atoms with E-state index < -0.39 is 5.82 Å². The van der Waals surface area contributed by atoms with Crippen LogP contribution in [0.5, 0.6) is 11.5 Å². The molecule has 0 amide bonds. The van der Waals surface area contributed by atoms with Crippen molar-refractivity contribution in [3.63, 3.8) is 0 Å². The van der Waals surface area contributed by atoms with Crippen molar-refractivity contribution in [3.05, 3.63) is 46.7 Å². The van der Waals surface area contributed by atoms with Gasteiger partial charge in [-0.1, -0.05) is 23.7 Å². The second-order valence-corrected chi connectivity index (χ2v) is 4.13. The van der Waals surface area contributed by atoms with Crippen molar-refractivity contribution in [3.8, 4) is 22.6 Å². The number of halogens is 2. The lowest BCUT2D eigenvalue weighted by atomic mass is 9.98. The smallest absolute Gasteiger partial charge is 0.142 e. The molecular formula is C13H10ClFO2. The Kier molecular flexibility index (Phi) is 2.94. The van der Waals surface area contributed by atoms with E-state index in [0.29, 0.717) is 5.56 Å². The lowest BCUT2D eigenvalue weighted by Crippen LogP contribution is -1.90. The van der Waals surface area contributed by atoms with Gasteiger partial charge in [-0.25, -0.2) is 4.39 Å². The molecule has 2 N–H and O–H groups in total. The van der Waals surface area contributed by atoms with Gasteiger partial charge in [0.2, 0.25) is 0 Å². The summed E-state index contributed by atoms with van der Waals surface area (Å²) < 4.78 is 13.7. The summed E-state index contributed by atoms with van der Waals surface area (Å²) in [5.41, 5.74) is 0.811. The van der Waals surface area contributed by atoms with Crippen LogP contribution >= 0.6 is 11.6 Å². The Balaban J connectivity index is 2.82. The van der Waals surface area contributed by atoms with E-state index in [0.717, 1.165) is 0 Å². The van der Waals surface area contributed by atoms with E-state index in [-0.39, 0.29) is 27.6 Å². The molecule has 17 heavy (non-hydrogen) atoms. The molecule has 2 aromatic carbocycles. The van der Waals surface area contributed by atoms with Crippen LogP contribution in [0.2, 0.25) is 5.02 Å². The van der Waals surface area contributed by atoms with E-state index >= 15 is 0 Å². The second kappa shape index (κ2) is 4.26. The molecule has 0 atom stereocenters. The molecule has 2 rings (SSSR count). The maximum absolute atomic E-state index is 13.7. The van der Waals surface area contributed by atoms with Crippen LogP contribution in [-0.4, -0.2) is 10.2 Å². The number of rotatable bonds is 1. The van der Waals surface area contributed by atoms with Crippen LogP contribution in [0.15, 0.2) is 30.3 Å². The summed E-state index contributed by atoms with van der Waals surface area (Å²) in [6.45, 7) is 1.71. The van der Waals surface area contributed by atoms with Gasteiger partial charge in [0.15, 0.2) is 0 Å². The lowest BCUT2D eigenvalue weighted by Gasteiger charge is -2.12. The highest BCUT2D eigenvalue weighted by Gasteiger charge is 2.18. The highest BCUT2D eigenvalue weighted by Crippen LogP contribution is 2.42. The Labute approximate surface area is 103 Å². The van der Waals surface area contributed by atoms with E-state index in [4.69, 9.17) is 11.6 Å². The Morgan fingerprint density at radius 1 is 1.06 bits per heavy atom. The number of aryl methyl sites for hydroxylation is 1. The first-order valence-corrected chi connectivity index (χ1v) is 5.36. The molecule has 0 fully saturated rings. The standard InChI is InChI=1S/C13H10ClFO2/c1-7-5-6-8(14)13(17)11(7)12-9(15)3-2-4-10(12)16/h2-6,16-17H,1H3. The van der Waals surface area contributed by atoms with Crippen molar-refractivity contribution in [2.75, 3.05) is 0 Å². The van der Waals surface area contributed by atoms with Crippen LogP contribution in [0, 0.1) is 12.7 Å². The summed E-state index contributed by atoms with van der Waals surface area (Å²) in [6.07, 6.45) is 0. The minimum absolute atomic E-state index is 0.0370. The Bertz CT molecular complexity index is 562. The Morgan fingerprint density at radius 3 is 2.41 bits per heavy atom. The monoisotopic (exact) mass is 252 g/mol. The third-order valence-corrected chi connectivity index (χ3v) is 2.88. The van der Waals surface area contributed by atoms with Crippen LogP contribution < -0.4 is 0 Å². The van der Waals surface area contributed by atoms with Crippen molar-refractivity contribution in [1.29, 1.82) is 0 Å². The van der Waals surface area contributed by atoms with E-state index in [1.165, 1.54) is 24.3 Å². The van der Waals surface area contributed by atoms with Gasteiger partial charge >= 0.3 is 0 Å². The second-order valence-electron chi connectivity index (χ2n) is 3.72.